The summed E-state index contributed by atoms with van der Waals surface area (Å²) in [6, 6.07) is 13.4. The highest BCUT2D eigenvalue weighted by atomic mass is 35.5. The lowest BCUT2D eigenvalue weighted by Crippen LogP contribution is -2.51. The predicted molar refractivity (Wildman–Crippen MR) is 86.0 cm³/mol. The number of halogens is 4. The van der Waals surface area contributed by atoms with Crippen molar-refractivity contribution in [2.45, 2.75) is 18.4 Å². The Labute approximate surface area is 147 Å². The van der Waals surface area contributed by atoms with Crippen molar-refractivity contribution >= 4 is 17.7 Å². The summed E-state index contributed by atoms with van der Waals surface area (Å²) < 4.78 is 44.9. The minimum absolute atomic E-state index is 0.0341. The SMILES string of the molecule is O=C(NCC(O)(c1cccc(Cl)c1)C(F)(F)F)OCc1ccccc1. The Bertz CT molecular complexity index is 725. The molecule has 1 atom stereocenters. The number of aliphatic hydroxyl groups is 1. The minimum atomic E-state index is -5.02. The van der Waals surface area contributed by atoms with Crippen LogP contribution in [0.4, 0.5) is 18.0 Å². The summed E-state index contributed by atoms with van der Waals surface area (Å²) in [7, 11) is 0. The summed E-state index contributed by atoms with van der Waals surface area (Å²) in [6.45, 7) is -1.21. The normalized spacial score (nSPS) is 13.8. The first-order chi connectivity index (χ1) is 11.7. The van der Waals surface area contributed by atoms with Gasteiger partial charge in [0.2, 0.25) is 5.60 Å². The second kappa shape index (κ2) is 7.76. The van der Waals surface area contributed by atoms with E-state index in [2.05, 4.69) is 0 Å². The molecule has 2 aromatic rings. The molecule has 1 amide bonds. The van der Waals surface area contributed by atoms with Gasteiger partial charge in [-0.2, -0.15) is 13.2 Å². The number of hydrogen-bond acceptors (Lipinski definition) is 3. The summed E-state index contributed by atoms with van der Waals surface area (Å²) in [4.78, 5) is 11.7. The van der Waals surface area contributed by atoms with Crippen LogP contribution in [-0.4, -0.2) is 23.9 Å². The van der Waals surface area contributed by atoms with E-state index in [0.29, 0.717) is 5.56 Å². The second-order valence-corrected chi connectivity index (χ2v) is 5.72. The van der Waals surface area contributed by atoms with Crippen molar-refractivity contribution in [1.29, 1.82) is 0 Å². The van der Waals surface area contributed by atoms with Crippen molar-refractivity contribution in [2.75, 3.05) is 6.54 Å². The largest absolute Gasteiger partial charge is 0.445 e. The van der Waals surface area contributed by atoms with Crippen molar-refractivity contribution in [1.82, 2.24) is 5.32 Å². The molecule has 2 aromatic carbocycles. The summed E-state index contributed by atoms with van der Waals surface area (Å²) >= 11 is 5.69. The zero-order valence-corrected chi connectivity index (χ0v) is 13.6. The third-order valence-corrected chi connectivity index (χ3v) is 3.71. The van der Waals surface area contributed by atoms with Crippen LogP contribution < -0.4 is 5.32 Å². The molecule has 134 valence electrons. The highest BCUT2D eigenvalue weighted by molar-refractivity contribution is 6.30. The highest BCUT2D eigenvalue weighted by Crippen LogP contribution is 2.39. The molecule has 1 unspecified atom stereocenters. The van der Waals surface area contributed by atoms with Gasteiger partial charge in [0.05, 0.1) is 6.54 Å². The number of ether oxygens (including phenoxy) is 1. The Morgan fingerprint density at radius 1 is 1.12 bits per heavy atom. The van der Waals surface area contributed by atoms with Crippen LogP contribution in [-0.2, 0) is 16.9 Å². The number of carbonyl (C=O) groups is 1. The quantitative estimate of drug-likeness (QED) is 0.832. The number of hydrogen-bond donors (Lipinski definition) is 2. The lowest BCUT2D eigenvalue weighted by atomic mass is 9.93. The Kier molecular flexibility index (Phi) is 5.92. The highest BCUT2D eigenvalue weighted by Gasteiger charge is 2.55. The number of alkyl carbamates (subject to hydrolysis) is 1. The fraction of sp³-hybridized carbons (Fsp3) is 0.235. The number of amides is 1. The number of rotatable bonds is 5. The molecular weight excluding hydrogens is 359 g/mol. The molecule has 0 spiro atoms. The van der Waals surface area contributed by atoms with Crippen molar-refractivity contribution in [3.63, 3.8) is 0 Å². The van der Waals surface area contributed by atoms with Crippen molar-refractivity contribution in [3.8, 4) is 0 Å². The molecule has 0 aliphatic carbocycles. The number of nitrogens with one attached hydrogen (secondary N) is 1. The molecule has 8 heteroatoms. The molecule has 0 aliphatic rings. The Morgan fingerprint density at radius 2 is 1.80 bits per heavy atom. The maximum atomic E-state index is 13.3. The van der Waals surface area contributed by atoms with Crippen LogP contribution in [0.5, 0.6) is 0 Å². The van der Waals surface area contributed by atoms with Crippen LogP contribution in [0.3, 0.4) is 0 Å². The molecule has 4 nitrogen and oxygen atoms in total. The molecule has 25 heavy (non-hydrogen) atoms. The number of alkyl halides is 3. The van der Waals surface area contributed by atoms with Gasteiger partial charge in [0.25, 0.3) is 0 Å². The standard InChI is InChI=1S/C17H15ClF3NO3/c18-14-8-4-7-13(9-14)16(24,17(19,20)21)11-22-15(23)25-10-12-5-2-1-3-6-12/h1-9,24H,10-11H2,(H,22,23). The maximum absolute atomic E-state index is 13.3. The lowest BCUT2D eigenvalue weighted by molar-refractivity contribution is -0.263. The molecule has 0 bridgehead atoms. The molecule has 2 rings (SSSR count). The van der Waals surface area contributed by atoms with E-state index in [1.807, 2.05) is 5.32 Å². The summed E-state index contributed by atoms with van der Waals surface area (Å²) in [5, 5.41) is 12.1. The minimum Gasteiger partial charge on any atom is -0.445 e. The van der Waals surface area contributed by atoms with Gasteiger partial charge in [-0.15, -0.1) is 0 Å². The summed E-state index contributed by atoms with van der Waals surface area (Å²) in [5.74, 6) is 0. The molecule has 0 saturated carbocycles. The van der Waals surface area contributed by atoms with Crippen LogP contribution >= 0.6 is 11.6 Å². The molecule has 0 heterocycles. The van der Waals surface area contributed by atoms with Crippen LogP contribution in [0.25, 0.3) is 0 Å². The zero-order chi connectivity index (χ0) is 18.5. The van der Waals surface area contributed by atoms with Crippen LogP contribution in [0.2, 0.25) is 5.02 Å². The van der Waals surface area contributed by atoms with Crippen LogP contribution in [0.1, 0.15) is 11.1 Å². The van der Waals surface area contributed by atoms with Crippen molar-refractivity contribution in [2.24, 2.45) is 0 Å². The maximum Gasteiger partial charge on any atom is 0.423 e. The van der Waals surface area contributed by atoms with Gasteiger partial charge in [-0.25, -0.2) is 4.79 Å². The van der Waals surface area contributed by atoms with E-state index in [1.165, 1.54) is 12.1 Å². The average Bonchev–Trinajstić information content (AvgIpc) is 2.57. The van der Waals surface area contributed by atoms with Gasteiger partial charge >= 0.3 is 12.3 Å². The number of benzene rings is 2. The van der Waals surface area contributed by atoms with Gasteiger partial charge in [0, 0.05) is 5.02 Å². The average molecular weight is 374 g/mol. The van der Waals surface area contributed by atoms with E-state index in [0.717, 1.165) is 12.1 Å². The van der Waals surface area contributed by atoms with Gasteiger partial charge in [0.1, 0.15) is 6.61 Å². The van der Waals surface area contributed by atoms with Gasteiger partial charge < -0.3 is 15.2 Å². The molecular formula is C17H15ClF3NO3. The first-order valence-corrected chi connectivity index (χ1v) is 7.60. The van der Waals surface area contributed by atoms with Crippen LogP contribution in [0, 0.1) is 0 Å². The smallest absolute Gasteiger partial charge is 0.423 e. The Balaban J connectivity index is 2.04. The van der Waals surface area contributed by atoms with E-state index >= 15 is 0 Å². The molecule has 0 aliphatic heterocycles. The fourth-order valence-corrected chi connectivity index (χ4v) is 2.28. The third-order valence-electron chi connectivity index (χ3n) is 3.47. The Morgan fingerprint density at radius 3 is 2.40 bits per heavy atom. The first-order valence-electron chi connectivity index (χ1n) is 7.22. The van der Waals surface area contributed by atoms with Gasteiger partial charge in [0.15, 0.2) is 0 Å². The zero-order valence-electron chi connectivity index (χ0n) is 12.9. The molecule has 0 aromatic heterocycles. The first kappa shape index (κ1) is 19.1. The fourth-order valence-electron chi connectivity index (χ4n) is 2.09. The molecule has 0 radical (unpaired) electrons. The van der Waals surface area contributed by atoms with E-state index in [1.54, 1.807) is 30.3 Å². The van der Waals surface area contributed by atoms with Gasteiger partial charge in [-0.3, -0.25) is 0 Å². The topological polar surface area (TPSA) is 58.6 Å². The second-order valence-electron chi connectivity index (χ2n) is 5.28. The molecule has 2 N–H and O–H groups in total. The molecule has 0 saturated heterocycles. The van der Waals surface area contributed by atoms with E-state index < -0.39 is 30.0 Å². The van der Waals surface area contributed by atoms with Gasteiger partial charge in [-0.1, -0.05) is 54.1 Å². The van der Waals surface area contributed by atoms with Crippen molar-refractivity contribution in [3.05, 3.63) is 70.7 Å². The summed E-state index contributed by atoms with van der Waals surface area (Å²) in [6.07, 6.45) is -6.10. The molecule has 0 fully saturated rings. The number of carbonyl (C=O) groups excluding carboxylic acids is 1. The summed E-state index contributed by atoms with van der Waals surface area (Å²) in [5.41, 5.74) is -3.08. The Hall–Kier alpha value is -2.25. The lowest BCUT2D eigenvalue weighted by Gasteiger charge is -2.31. The predicted octanol–water partition coefficient (Wildman–Crippen LogP) is 4.02. The van der Waals surface area contributed by atoms with E-state index in [-0.39, 0.29) is 11.6 Å². The monoisotopic (exact) mass is 373 g/mol. The van der Waals surface area contributed by atoms with E-state index in [4.69, 9.17) is 16.3 Å². The van der Waals surface area contributed by atoms with E-state index in [9.17, 15) is 23.1 Å². The van der Waals surface area contributed by atoms with Crippen LogP contribution in [0.15, 0.2) is 54.6 Å². The van der Waals surface area contributed by atoms with Crippen molar-refractivity contribution < 1.29 is 27.8 Å². The third kappa shape index (κ3) is 4.87. The van der Waals surface area contributed by atoms with Gasteiger partial charge in [-0.05, 0) is 23.3 Å².